The number of carbonyl (C=O) groups is 1. The normalized spacial score (nSPS) is 10.9. The molecule has 0 aliphatic heterocycles. The molecule has 5 nitrogen and oxygen atoms in total. The van der Waals surface area contributed by atoms with Crippen LogP contribution < -0.4 is 13.7 Å². The van der Waals surface area contributed by atoms with E-state index in [4.69, 9.17) is 8.37 Å². The third kappa shape index (κ3) is 7.97. The molecular weight excluding hydrogens is 414 g/mol. The number of benzene rings is 2. The maximum atomic E-state index is 12.2. The van der Waals surface area contributed by atoms with Crippen molar-refractivity contribution in [3.05, 3.63) is 77.4 Å². The SMILES string of the molecule is C[B]SOc1ccc(/C=C/C=C(\C#N)C(=O)NCc2ccccc2)cc1OS[B]C. The zero-order chi connectivity index (χ0) is 21.6. The summed E-state index contributed by atoms with van der Waals surface area (Å²) < 4.78 is 11.2. The van der Waals surface area contributed by atoms with Crippen LogP contribution in [-0.2, 0) is 11.3 Å². The van der Waals surface area contributed by atoms with E-state index >= 15 is 0 Å². The summed E-state index contributed by atoms with van der Waals surface area (Å²) in [6.07, 6.45) is 4.94. The van der Waals surface area contributed by atoms with Gasteiger partial charge in [-0.05, 0) is 53.1 Å². The molecule has 2 radical (unpaired) electrons. The second-order valence-corrected chi connectivity index (χ2v) is 7.42. The lowest BCUT2D eigenvalue weighted by Gasteiger charge is -2.10. The molecule has 2 aromatic carbocycles. The Balaban J connectivity index is 2.05. The van der Waals surface area contributed by atoms with E-state index in [-0.39, 0.29) is 5.57 Å². The molecular formula is C21H20B2N2O3S2. The molecule has 0 fully saturated rings. The van der Waals surface area contributed by atoms with Crippen molar-refractivity contribution in [2.45, 2.75) is 20.2 Å². The van der Waals surface area contributed by atoms with Crippen LogP contribution in [0.1, 0.15) is 11.1 Å². The van der Waals surface area contributed by atoms with Crippen LogP contribution in [0.2, 0.25) is 13.6 Å². The summed E-state index contributed by atoms with van der Waals surface area (Å²) in [5, 5.41) is 12.0. The van der Waals surface area contributed by atoms with E-state index in [9.17, 15) is 10.1 Å². The molecule has 1 amide bonds. The number of carbonyl (C=O) groups excluding carboxylic acids is 1. The van der Waals surface area contributed by atoms with Gasteiger partial charge in [-0.25, -0.2) is 0 Å². The van der Waals surface area contributed by atoms with Gasteiger partial charge < -0.3 is 13.7 Å². The monoisotopic (exact) mass is 434 g/mol. The van der Waals surface area contributed by atoms with E-state index in [0.717, 1.165) is 11.1 Å². The summed E-state index contributed by atoms with van der Waals surface area (Å²) in [6.45, 7) is 7.77. The zero-order valence-electron chi connectivity index (χ0n) is 16.7. The number of nitrogens with one attached hydrogen (secondary N) is 1. The maximum absolute atomic E-state index is 12.2. The molecule has 0 heterocycles. The number of amides is 1. The van der Waals surface area contributed by atoms with Gasteiger partial charge in [-0.2, -0.15) is 5.26 Å². The molecule has 0 unspecified atom stereocenters. The second-order valence-electron chi connectivity index (χ2n) is 5.76. The zero-order valence-corrected chi connectivity index (χ0v) is 18.3. The minimum Gasteiger partial charge on any atom is -0.435 e. The molecule has 0 aromatic heterocycles. The highest BCUT2D eigenvalue weighted by Crippen LogP contribution is 2.33. The number of nitriles is 1. The Morgan fingerprint density at radius 1 is 1.10 bits per heavy atom. The van der Waals surface area contributed by atoms with Crippen molar-refractivity contribution >= 4 is 48.9 Å². The van der Waals surface area contributed by atoms with E-state index in [2.05, 4.69) is 5.32 Å². The van der Waals surface area contributed by atoms with Crippen LogP contribution in [0, 0.1) is 11.3 Å². The van der Waals surface area contributed by atoms with Crippen LogP contribution in [-0.4, -0.2) is 19.0 Å². The first kappa shape index (κ1) is 23.6. The van der Waals surface area contributed by atoms with Gasteiger partial charge in [0.2, 0.25) is 13.1 Å². The lowest BCUT2D eigenvalue weighted by atomic mass is 10.1. The molecule has 1 N–H and O–H groups in total. The largest absolute Gasteiger partial charge is 0.435 e. The van der Waals surface area contributed by atoms with Gasteiger partial charge in [0.25, 0.3) is 5.91 Å². The maximum Gasteiger partial charge on any atom is 0.262 e. The Kier molecular flexibility index (Phi) is 10.6. The first-order valence-corrected chi connectivity index (χ1v) is 10.8. The van der Waals surface area contributed by atoms with E-state index in [1.165, 1.54) is 29.9 Å². The highest BCUT2D eigenvalue weighted by Gasteiger charge is 2.09. The van der Waals surface area contributed by atoms with Crippen LogP contribution in [0.5, 0.6) is 11.5 Å². The lowest BCUT2D eigenvalue weighted by Crippen LogP contribution is -2.23. The van der Waals surface area contributed by atoms with Gasteiger partial charge in [-0.1, -0.05) is 62.2 Å². The molecule has 0 bridgehead atoms. The average molecular weight is 434 g/mol. The molecule has 2 rings (SSSR count). The Morgan fingerprint density at radius 3 is 2.47 bits per heavy atom. The number of hydrogen-bond donors (Lipinski definition) is 1. The predicted molar refractivity (Wildman–Crippen MR) is 127 cm³/mol. The van der Waals surface area contributed by atoms with Gasteiger partial charge in [0.1, 0.15) is 11.6 Å². The Labute approximate surface area is 187 Å². The molecule has 150 valence electrons. The third-order valence-corrected chi connectivity index (χ3v) is 4.59. The van der Waals surface area contributed by atoms with Crippen LogP contribution >= 0.6 is 23.8 Å². The van der Waals surface area contributed by atoms with Gasteiger partial charge in [-0.15, -0.1) is 0 Å². The summed E-state index contributed by atoms with van der Waals surface area (Å²) in [4.78, 5) is 12.2. The summed E-state index contributed by atoms with van der Waals surface area (Å²) >= 11 is 2.41. The topological polar surface area (TPSA) is 71.3 Å². The number of rotatable bonds is 11. The number of nitrogens with zero attached hydrogens (tertiary/aromatic N) is 1. The number of allylic oxidation sites excluding steroid dienone is 2. The third-order valence-electron chi connectivity index (χ3n) is 3.65. The van der Waals surface area contributed by atoms with Crippen molar-refractivity contribution < 1.29 is 13.2 Å². The van der Waals surface area contributed by atoms with Gasteiger partial charge in [0.05, 0.1) is 0 Å². The summed E-state index contributed by atoms with van der Waals surface area (Å²) in [6, 6.07) is 17.0. The van der Waals surface area contributed by atoms with Crippen molar-refractivity contribution in [2.75, 3.05) is 0 Å². The lowest BCUT2D eigenvalue weighted by molar-refractivity contribution is -0.117. The van der Waals surface area contributed by atoms with E-state index in [1.807, 2.05) is 81.4 Å². The minimum absolute atomic E-state index is 0.0321. The standard InChI is InChI=1S/C21H20B2N2O3S2/c1-22-29-27-19-12-11-16(13-20(19)28-30-23-2)9-6-10-18(14-24)21(26)25-15-17-7-4-3-5-8-17/h3-13H,15H2,1-2H3,(H,25,26)/b9-6+,18-10+. The van der Waals surface area contributed by atoms with Gasteiger partial charge in [-0.3, -0.25) is 4.79 Å². The van der Waals surface area contributed by atoms with Crippen molar-refractivity contribution in [3.63, 3.8) is 0 Å². The Morgan fingerprint density at radius 2 is 1.80 bits per heavy atom. The quantitative estimate of drug-likeness (QED) is 0.179. The van der Waals surface area contributed by atoms with Crippen LogP contribution in [0.15, 0.2) is 66.3 Å². The van der Waals surface area contributed by atoms with Crippen LogP contribution in [0.4, 0.5) is 0 Å². The van der Waals surface area contributed by atoms with Crippen molar-refractivity contribution in [2.24, 2.45) is 0 Å². The smallest absolute Gasteiger partial charge is 0.262 e. The van der Waals surface area contributed by atoms with Gasteiger partial charge >= 0.3 is 0 Å². The molecule has 30 heavy (non-hydrogen) atoms. The van der Waals surface area contributed by atoms with Crippen molar-refractivity contribution in [1.82, 2.24) is 5.32 Å². The highest BCUT2D eigenvalue weighted by atomic mass is 32.2. The molecule has 0 saturated heterocycles. The van der Waals surface area contributed by atoms with Crippen LogP contribution in [0.3, 0.4) is 0 Å². The first-order chi connectivity index (χ1) is 14.7. The number of hydrogen-bond acceptors (Lipinski definition) is 6. The summed E-state index contributed by atoms with van der Waals surface area (Å²) in [7, 11) is 0. The van der Waals surface area contributed by atoms with Crippen molar-refractivity contribution in [1.29, 1.82) is 5.26 Å². The second kappa shape index (κ2) is 13.5. The van der Waals surface area contributed by atoms with Crippen LogP contribution in [0.25, 0.3) is 6.08 Å². The van der Waals surface area contributed by atoms with E-state index in [0.29, 0.717) is 18.0 Å². The van der Waals surface area contributed by atoms with Crippen molar-refractivity contribution in [3.8, 4) is 17.6 Å². The molecule has 0 aliphatic carbocycles. The van der Waals surface area contributed by atoms with Gasteiger partial charge in [0.15, 0.2) is 11.5 Å². The summed E-state index contributed by atoms with van der Waals surface area (Å²) in [5.41, 5.74) is 1.84. The minimum atomic E-state index is -0.415. The summed E-state index contributed by atoms with van der Waals surface area (Å²) in [5.74, 6) is 0.777. The average Bonchev–Trinajstić information content (AvgIpc) is 2.78. The molecule has 0 saturated carbocycles. The molecule has 0 spiro atoms. The predicted octanol–water partition coefficient (Wildman–Crippen LogP) is 4.85. The molecule has 0 aliphatic rings. The fraction of sp³-hybridized carbons (Fsp3) is 0.143. The fourth-order valence-electron chi connectivity index (χ4n) is 2.25. The van der Waals surface area contributed by atoms with E-state index in [1.54, 1.807) is 12.2 Å². The Bertz CT molecular complexity index is 932. The first-order valence-electron chi connectivity index (χ1n) is 9.15. The molecule has 9 heteroatoms. The van der Waals surface area contributed by atoms with E-state index < -0.39 is 5.91 Å². The molecule has 2 aromatic rings. The highest BCUT2D eigenvalue weighted by molar-refractivity contribution is 8.19. The fourth-order valence-corrected chi connectivity index (χ4v) is 2.92. The molecule has 0 atom stereocenters. The Hall–Kier alpha value is -2.69. The van der Waals surface area contributed by atoms with Gasteiger partial charge in [0, 0.05) is 6.54 Å².